The third-order valence-electron chi connectivity index (χ3n) is 5.79. The van der Waals surface area contributed by atoms with Gasteiger partial charge in [0.2, 0.25) is 0 Å². The summed E-state index contributed by atoms with van der Waals surface area (Å²) < 4.78 is 5.04. The van der Waals surface area contributed by atoms with Crippen LogP contribution in [0.5, 0.6) is 0 Å². The molecular weight excluding hydrogens is 414 g/mol. The number of hydrogen-bond acceptors (Lipinski definition) is 4. The molecule has 33 heavy (non-hydrogen) atoms. The Morgan fingerprint density at radius 3 is 2.27 bits per heavy atom. The number of carbonyl (C=O) groups excluding carboxylic acids is 2. The number of anilines is 2. The molecule has 0 radical (unpaired) electrons. The van der Waals surface area contributed by atoms with Crippen LogP contribution < -0.4 is 15.5 Å². The molecule has 0 spiro atoms. The number of hydrogen-bond donors (Lipinski definition) is 2. The summed E-state index contributed by atoms with van der Waals surface area (Å²) in [5, 5.41) is 5.83. The standard InChI is InChI=1S/C27H29N3O3/c1-33-18-15-28-27(32)24-19-23(13-14-25(24)30-16-5-6-17-30)29-26(31)22-11-9-21(10-12-22)20-7-3-2-4-8-20/h2-4,7-14,19H,5-6,15-18H2,1H3,(H,28,32)(H,29,31). The summed E-state index contributed by atoms with van der Waals surface area (Å²) in [6.45, 7) is 2.73. The van der Waals surface area contributed by atoms with Gasteiger partial charge in [-0.15, -0.1) is 0 Å². The highest BCUT2D eigenvalue weighted by molar-refractivity contribution is 6.06. The van der Waals surface area contributed by atoms with E-state index < -0.39 is 0 Å². The average Bonchev–Trinajstić information content (AvgIpc) is 3.39. The van der Waals surface area contributed by atoms with E-state index in [-0.39, 0.29) is 11.8 Å². The van der Waals surface area contributed by atoms with Crippen LogP contribution in [0.2, 0.25) is 0 Å². The molecule has 1 heterocycles. The van der Waals surface area contributed by atoms with Gasteiger partial charge in [0.15, 0.2) is 0 Å². The summed E-state index contributed by atoms with van der Waals surface area (Å²) in [5.74, 6) is -0.383. The second-order valence-electron chi connectivity index (χ2n) is 8.07. The number of rotatable bonds is 8. The number of amides is 2. The van der Waals surface area contributed by atoms with Gasteiger partial charge in [-0.25, -0.2) is 0 Å². The van der Waals surface area contributed by atoms with E-state index in [1.807, 2.05) is 66.7 Å². The lowest BCUT2D eigenvalue weighted by Gasteiger charge is -2.22. The van der Waals surface area contributed by atoms with Crippen LogP contribution in [-0.4, -0.2) is 45.2 Å². The highest BCUT2D eigenvalue weighted by Gasteiger charge is 2.20. The zero-order chi connectivity index (χ0) is 23.0. The molecule has 1 aliphatic heterocycles. The molecule has 3 aromatic carbocycles. The van der Waals surface area contributed by atoms with Crippen molar-refractivity contribution in [3.8, 4) is 11.1 Å². The fourth-order valence-corrected chi connectivity index (χ4v) is 4.04. The fraction of sp³-hybridized carbons (Fsp3) is 0.259. The molecule has 6 nitrogen and oxygen atoms in total. The molecule has 2 amide bonds. The van der Waals surface area contributed by atoms with Gasteiger partial charge in [-0.3, -0.25) is 9.59 Å². The van der Waals surface area contributed by atoms with Crippen LogP contribution in [0.25, 0.3) is 11.1 Å². The predicted octanol–water partition coefficient (Wildman–Crippen LogP) is 4.58. The molecule has 4 rings (SSSR count). The number of methoxy groups -OCH3 is 1. The lowest BCUT2D eigenvalue weighted by atomic mass is 10.0. The van der Waals surface area contributed by atoms with Crippen molar-refractivity contribution in [3.05, 3.63) is 83.9 Å². The zero-order valence-electron chi connectivity index (χ0n) is 18.8. The van der Waals surface area contributed by atoms with Crippen molar-refractivity contribution in [2.75, 3.05) is 43.6 Å². The lowest BCUT2D eigenvalue weighted by Crippen LogP contribution is -2.30. The Labute approximate surface area is 194 Å². The first-order chi connectivity index (χ1) is 16.2. The molecule has 2 N–H and O–H groups in total. The minimum absolute atomic E-state index is 0.169. The van der Waals surface area contributed by atoms with Crippen molar-refractivity contribution in [2.45, 2.75) is 12.8 Å². The van der Waals surface area contributed by atoms with Crippen LogP contribution in [0.3, 0.4) is 0 Å². The predicted molar refractivity (Wildman–Crippen MR) is 132 cm³/mol. The van der Waals surface area contributed by atoms with Gasteiger partial charge in [0.1, 0.15) is 0 Å². The smallest absolute Gasteiger partial charge is 0.255 e. The first kappa shape index (κ1) is 22.6. The van der Waals surface area contributed by atoms with Crippen LogP contribution in [0.1, 0.15) is 33.6 Å². The Morgan fingerprint density at radius 2 is 1.58 bits per heavy atom. The van der Waals surface area contributed by atoms with Crippen LogP contribution in [0, 0.1) is 0 Å². The van der Waals surface area contributed by atoms with Gasteiger partial charge < -0.3 is 20.3 Å². The second kappa shape index (κ2) is 10.8. The van der Waals surface area contributed by atoms with Crippen molar-refractivity contribution in [3.63, 3.8) is 0 Å². The molecule has 0 unspecified atom stereocenters. The van der Waals surface area contributed by atoms with E-state index in [4.69, 9.17) is 4.74 Å². The van der Waals surface area contributed by atoms with E-state index in [9.17, 15) is 9.59 Å². The summed E-state index contributed by atoms with van der Waals surface area (Å²) in [6, 6.07) is 23.1. The van der Waals surface area contributed by atoms with Crippen LogP contribution in [0.15, 0.2) is 72.8 Å². The summed E-state index contributed by atoms with van der Waals surface area (Å²) in [6.07, 6.45) is 2.23. The van der Waals surface area contributed by atoms with Crippen molar-refractivity contribution in [2.24, 2.45) is 0 Å². The van der Waals surface area contributed by atoms with Crippen molar-refractivity contribution < 1.29 is 14.3 Å². The fourth-order valence-electron chi connectivity index (χ4n) is 4.04. The number of ether oxygens (including phenoxy) is 1. The molecule has 6 heteroatoms. The summed E-state index contributed by atoms with van der Waals surface area (Å²) in [4.78, 5) is 27.9. The van der Waals surface area contributed by atoms with Crippen molar-refractivity contribution in [1.82, 2.24) is 5.32 Å². The number of nitrogens with zero attached hydrogens (tertiary/aromatic N) is 1. The summed E-state index contributed by atoms with van der Waals surface area (Å²) in [5.41, 5.74) is 4.76. The molecule has 1 aliphatic rings. The maximum Gasteiger partial charge on any atom is 0.255 e. The Hall–Kier alpha value is -3.64. The highest BCUT2D eigenvalue weighted by atomic mass is 16.5. The lowest BCUT2D eigenvalue weighted by molar-refractivity contribution is 0.0936. The van der Waals surface area contributed by atoms with E-state index in [1.165, 1.54) is 0 Å². The van der Waals surface area contributed by atoms with Crippen LogP contribution in [0.4, 0.5) is 11.4 Å². The van der Waals surface area contributed by atoms with E-state index in [0.717, 1.165) is 42.7 Å². The zero-order valence-corrected chi connectivity index (χ0v) is 18.8. The maximum atomic E-state index is 12.9. The summed E-state index contributed by atoms with van der Waals surface area (Å²) >= 11 is 0. The van der Waals surface area contributed by atoms with Gasteiger partial charge in [-0.1, -0.05) is 42.5 Å². The molecule has 1 fully saturated rings. The molecule has 0 saturated carbocycles. The third kappa shape index (κ3) is 5.59. The van der Waals surface area contributed by atoms with E-state index in [0.29, 0.717) is 30.0 Å². The van der Waals surface area contributed by atoms with Gasteiger partial charge >= 0.3 is 0 Å². The molecule has 170 valence electrons. The normalized spacial score (nSPS) is 13.1. The van der Waals surface area contributed by atoms with E-state index in [2.05, 4.69) is 15.5 Å². The van der Waals surface area contributed by atoms with Crippen LogP contribution >= 0.6 is 0 Å². The summed E-state index contributed by atoms with van der Waals surface area (Å²) in [7, 11) is 1.60. The van der Waals surface area contributed by atoms with E-state index >= 15 is 0 Å². The Kier molecular flexibility index (Phi) is 7.37. The number of benzene rings is 3. The Balaban J connectivity index is 1.51. The minimum atomic E-state index is -0.214. The van der Waals surface area contributed by atoms with Gasteiger partial charge in [0, 0.05) is 43.7 Å². The number of carbonyl (C=O) groups is 2. The first-order valence-electron chi connectivity index (χ1n) is 11.3. The van der Waals surface area contributed by atoms with Crippen LogP contribution in [-0.2, 0) is 4.74 Å². The van der Waals surface area contributed by atoms with E-state index in [1.54, 1.807) is 13.2 Å². The van der Waals surface area contributed by atoms with Gasteiger partial charge in [0.25, 0.3) is 11.8 Å². The largest absolute Gasteiger partial charge is 0.383 e. The molecule has 3 aromatic rings. The van der Waals surface area contributed by atoms with Crippen molar-refractivity contribution >= 4 is 23.2 Å². The highest BCUT2D eigenvalue weighted by Crippen LogP contribution is 2.28. The minimum Gasteiger partial charge on any atom is -0.383 e. The topological polar surface area (TPSA) is 70.7 Å². The Bertz CT molecular complexity index is 1090. The quantitative estimate of drug-likeness (QED) is 0.500. The third-order valence-corrected chi connectivity index (χ3v) is 5.79. The monoisotopic (exact) mass is 443 g/mol. The molecule has 0 aromatic heterocycles. The first-order valence-corrected chi connectivity index (χ1v) is 11.3. The molecule has 1 saturated heterocycles. The Morgan fingerprint density at radius 1 is 0.879 bits per heavy atom. The van der Waals surface area contributed by atoms with Gasteiger partial charge in [-0.05, 0) is 54.3 Å². The van der Waals surface area contributed by atoms with Gasteiger partial charge in [-0.2, -0.15) is 0 Å². The molecule has 0 bridgehead atoms. The van der Waals surface area contributed by atoms with Crippen molar-refractivity contribution in [1.29, 1.82) is 0 Å². The molecule has 0 aliphatic carbocycles. The number of nitrogens with one attached hydrogen (secondary N) is 2. The molecular formula is C27H29N3O3. The van der Waals surface area contributed by atoms with Gasteiger partial charge in [0.05, 0.1) is 12.2 Å². The molecule has 0 atom stereocenters. The average molecular weight is 444 g/mol. The maximum absolute atomic E-state index is 12.9. The SMILES string of the molecule is COCCNC(=O)c1cc(NC(=O)c2ccc(-c3ccccc3)cc2)ccc1N1CCCC1. The second-order valence-corrected chi connectivity index (χ2v) is 8.07.